The first-order valence-corrected chi connectivity index (χ1v) is 4.14. The van der Waals surface area contributed by atoms with Crippen LogP contribution in [0.4, 0.5) is 0 Å². The van der Waals surface area contributed by atoms with Crippen molar-refractivity contribution in [2.45, 2.75) is 39.5 Å². The normalized spacial score (nSPS) is 36.7. The van der Waals surface area contributed by atoms with E-state index in [2.05, 4.69) is 20.3 Å². The first kappa shape index (κ1) is 7.11. The molecule has 1 radical (unpaired) electrons. The van der Waals surface area contributed by atoms with Gasteiger partial charge >= 0.3 is 0 Å². The van der Waals surface area contributed by atoms with Gasteiger partial charge in [-0.05, 0) is 24.7 Å². The highest BCUT2D eigenvalue weighted by Gasteiger charge is 2.18. The quantitative estimate of drug-likeness (QED) is 0.505. The van der Waals surface area contributed by atoms with Crippen LogP contribution in [0.5, 0.6) is 0 Å². The standard InChI is InChI=1S/C9H17/c1-3-9-7-5-4-6-8(9)2/h3,8-9H,4-7H2,1-2H3. The van der Waals surface area contributed by atoms with Gasteiger partial charge in [0.1, 0.15) is 0 Å². The maximum atomic E-state index is 2.38. The minimum absolute atomic E-state index is 0.929. The van der Waals surface area contributed by atoms with Gasteiger partial charge < -0.3 is 0 Å². The molecule has 2 unspecified atom stereocenters. The van der Waals surface area contributed by atoms with E-state index in [4.69, 9.17) is 0 Å². The van der Waals surface area contributed by atoms with Crippen LogP contribution in [0.3, 0.4) is 0 Å². The Bertz CT molecular complexity index is 76.1. The third-order valence-corrected chi connectivity index (χ3v) is 2.61. The monoisotopic (exact) mass is 125 g/mol. The lowest BCUT2D eigenvalue weighted by Gasteiger charge is -2.27. The molecule has 53 valence electrons. The van der Waals surface area contributed by atoms with Gasteiger partial charge in [-0.3, -0.25) is 0 Å². The van der Waals surface area contributed by atoms with Crippen LogP contribution < -0.4 is 0 Å². The van der Waals surface area contributed by atoms with E-state index in [1.54, 1.807) is 0 Å². The summed E-state index contributed by atoms with van der Waals surface area (Å²) in [6.07, 6.45) is 8.20. The van der Waals surface area contributed by atoms with E-state index in [-0.39, 0.29) is 0 Å². The van der Waals surface area contributed by atoms with Crippen molar-refractivity contribution in [3.8, 4) is 0 Å². The number of rotatable bonds is 1. The van der Waals surface area contributed by atoms with Gasteiger partial charge in [-0.2, -0.15) is 0 Å². The number of hydrogen-bond acceptors (Lipinski definition) is 0. The Balaban J connectivity index is 2.30. The van der Waals surface area contributed by atoms with E-state index in [1.807, 2.05) is 0 Å². The SMILES string of the molecule is C[CH]C1CCCCC1C. The van der Waals surface area contributed by atoms with Crippen LogP contribution in [0.25, 0.3) is 0 Å². The molecular formula is C9H17. The molecule has 1 rings (SSSR count). The smallest absolute Gasteiger partial charge is 0.0360 e. The second-order valence-electron chi connectivity index (χ2n) is 3.26. The molecule has 0 bridgehead atoms. The van der Waals surface area contributed by atoms with Crippen LogP contribution in [0.2, 0.25) is 0 Å². The summed E-state index contributed by atoms with van der Waals surface area (Å²) < 4.78 is 0. The minimum atomic E-state index is 0.929. The second-order valence-corrected chi connectivity index (χ2v) is 3.26. The maximum Gasteiger partial charge on any atom is -0.0360 e. The molecule has 0 spiro atoms. The first-order valence-electron chi connectivity index (χ1n) is 4.14. The van der Waals surface area contributed by atoms with Crippen molar-refractivity contribution >= 4 is 0 Å². The number of hydrogen-bond donors (Lipinski definition) is 0. The molecule has 1 fully saturated rings. The van der Waals surface area contributed by atoms with Crippen LogP contribution in [0.15, 0.2) is 0 Å². The summed E-state index contributed by atoms with van der Waals surface area (Å²) in [5, 5.41) is 0. The van der Waals surface area contributed by atoms with Crippen molar-refractivity contribution in [2.75, 3.05) is 0 Å². The fourth-order valence-electron chi connectivity index (χ4n) is 1.84. The third-order valence-electron chi connectivity index (χ3n) is 2.61. The molecule has 0 saturated heterocycles. The van der Waals surface area contributed by atoms with Gasteiger partial charge in [-0.1, -0.05) is 33.1 Å². The molecule has 2 atom stereocenters. The summed E-state index contributed by atoms with van der Waals surface area (Å²) in [7, 11) is 0. The van der Waals surface area contributed by atoms with Crippen molar-refractivity contribution < 1.29 is 0 Å². The summed E-state index contributed by atoms with van der Waals surface area (Å²) in [6, 6.07) is 0. The topological polar surface area (TPSA) is 0 Å². The lowest BCUT2D eigenvalue weighted by molar-refractivity contribution is 0.290. The molecule has 0 amide bonds. The fourth-order valence-corrected chi connectivity index (χ4v) is 1.84. The van der Waals surface area contributed by atoms with Gasteiger partial charge in [0.25, 0.3) is 0 Å². The lowest BCUT2D eigenvalue weighted by atomic mass is 9.79. The van der Waals surface area contributed by atoms with Crippen LogP contribution in [0.1, 0.15) is 39.5 Å². The van der Waals surface area contributed by atoms with Gasteiger partial charge in [0.15, 0.2) is 0 Å². The Morgan fingerprint density at radius 3 is 2.33 bits per heavy atom. The molecule has 1 aliphatic rings. The van der Waals surface area contributed by atoms with Crippen molar-refractivity contribution in [2.24, 2.45) is 11.8 Å². The molecule has 0 aromatic heterocycles. The maximum absolute atomic E-state index is 2.38. The predicted octanol–water partition coefficient (Wildman–Crippen LogP) is 3.04. The summed E-state index contributed by atoms with van der Waals surface area (Å²) in [5.41, 5.74) is 0. The Labute approximate surface area is 58.7 Å². The molecule has 0 nitrogen and oxygen atoms in total. The van der Waals surface area contributed by atoms with E-state index < -0.39 is 0 Å². The minimum Gasteiger partial charge on any atom is -0.0622 e. The average Bonchev–Trinajstić information content (AvgIpc) is 1.89. The molecule has 0 aromatic carbocycles. The lowest BCUT2D eigenvalue weighted by Crippen LogP contribution is -2.15. The molecule has 1 saturated carbocycles. The Morgan fingerprint density at radius 1 is 1.22 bits per heavy atom. The summed E-state index contributed by atoms with van der Waals surface area (Å²) >= 11 is 0. The highest BCUT2D eigenvalue weighted by Crippen LogP contribution is 2.30. The summed E-state index contributed by atoms with van der Waals surface area (Å²) in [4.78, 5) is 0. The van der Waals surface area contributed by atoms with E-state index >= 15 is 0 Å². The zero-order valence-corrected chi connectivity index (χ0v) is 6.56. The van der Waals surface area contributed by atoms with E-state index in [9.17, 15) is 0 Å². The molecule has 0 aromatic rings. The third kappa shape index (κ3) is 1.70. The Morgan fingerprint density at radius 2 is 1.89 bits per heavy atom. The average molecular weight is 125 g/mol. The van der Waals surface area contributed by atoms with Crippen molar-refractivity contribution in [3.63, 3.8) is 0 Å². The van der Waals surface area contributed by atoms with Crippen molar-refractivity contribution in [1.82, 2.24) is 0 Å². The highest BCUT2D eigenvalue weighted by atomic mass is 14.2. The van der Waals surface area contributed by atoms with E-state index in [1.165, 1.54) is 25.7 Å². The van der Waals surface area contributed by atoms with Gasteiger partial charge in [-0.25, -0.2) is 0 Å². The van der Waals surface area contributed by atoms with Crippen LogP contribution in [-0.2, 0) is 0 Å². The Kier molecular flexibility index (Phi) is 2.56. The van der Waals surface area contributed by atoms with Gasteiger partial charge in [0, 0.05) is 0 Å². The summed E-state index contributed by atoms with van der Waals surface area (Å²) in [5.74, 6) is 1.89. The molecule has 9 heavy (non-hydrogen) atoms. The van der Waals surface area contributed by atoms with Gasteiger partial charge in [0.05, 0.1) is 0 Å². The largest absolute Gasteiger partial charge is 0.0622 e. The molecular weight excluding hydrogens is 108 g/mol. The molecule has 0 heteroatoms. The molecule has 0 aliphatic heterocycles. The summed E-state index contributed by atoms with van der Waals surface area (Å²) in [6.45, 7) is 4.58. The van der Waals surface area contributed by atoms with Gasteiger partial charge in [-0.15, -0.1) is 0 Å². The van der Waals surface area contributed by atoms with Gasteiger partial charge in [0.2, 0.25) is 0 Å². The van der Waals surface area contributed by atoms with Crippen molar-refractivity contribution in [3.05, 3.63) is 6.42 Å². The Hall–Kier alpha value is 0. The molecule has 0 N–H and O–H groups in total. The predicted molar refractivity (Wildman–Crippen MR) is 41.1 cm³/mol. The zero-order valence-electron chi connectivity index (χ0n) is 6.56. The van der Waals surface area contributed by atoms with Crippen molar-refractivity contribution in [1.29, 1.82) is 0 Å². The molecule has 1 aliphatic carbocycles. The van der Waals surface area contributed by atoms with Crippen LogP contribution in [0, 0.1) is 18.3 Å². The van der Waals surface area contributed by atoms with Crippen LogP contribution >= 0.6 is 0 Å². The zero-order chi connectivity index (χ0) is 6.69. The van der Waals surface area contributed by atoms with E-state index in [0.29, 0.717) is 0 Å². The first-order chi connectivity index (χ1) is 4.34. The second kappa shape index (κ2) is 3.24. The van der Waals surface area contributed by atoms with E-state index in [0.717, 1.165) is 11.8 Å². The molecule has 0 heterocycles. The highest BCUT2D eigenvalue weighted by molar-refractivity contribution is 4.79. The van der Waals surface area contributed by atoms with Crippen LogP contribution in [-0.4, -0.2) is 0 Å². The fraction of sp³-hybridized carbons (Fsp3) is 0.889.